The normalized spacial score (nSPS) is 22.9. The zero-order valence-electron chi connectivity index (χ0n) is 14.7. The van der Waals surface area contributed by atoms with Gasteiger partial charge < -0.3 is 26.4 Å². The molecular formula is C17H22ClN5O2S. The van der Waals surface area contributed by atoms with Crippen LogP contribution in [0.5, 0.6) is 0 Å². The van der Waals surface area contributed by atoms with Gasteiger partial charge in [-0.05, 0) is 31.1 Å². The average molecular weight is 396 g/mol. The first kappa shape index (κ1) is 18.7. The van der Waals surface area contributed by atoms with Crippen LogP contribution in [0.2, 0.25) is 0 Å². The Kier molecular flexibility index (Phi) is 5.52. The lowest BCUT2D eigenvalue weighted by Gasteiger charge is -2.34. The van der Waals surface area contributed by atoms with E-state index in [1.165, 1.54) is 7.11 Å². The van der Waals surface area contributed by atoms with Gasteiger partial charge in [-0.25, -0.2) is 9.78 Å². The fourth-order valence-electron chi connectivity index (χ4n) is 3.30. The molecular weight excluding hydrogens is 374 g/mol. The van der Waals surface area contributed by atoms with E-state index in [4.69, 9.17) is 27.8 Å². The summed E-state index contributed by atoms with van der Waals surface area (Å²) in [6.45, 7) is 3.50. The molecule has 0 radical (unpaired) electrons. The van der Waals surface area contributed by atoms with Gasteiger partial charge in [-0.3, -0.25) is 0 Å². The van der Waals surface area contributed by atoms with Crippen LogP contribution < -0.4 is 16.8 Å². The number of nitrogens with zero attached hydrogens (tertiary/aromatic N) is 2. The van der Waals surface area contributed by atoms with Gasteiger partial charge in [-0.2, -0.15) is 0 Å². The number of carbonyl (C=O) groups excluding carboxylic acids is 1. The largest absolute Gasteiger partial charge is 0.465 e. The molecule has 3 rings (SSSR count). The minimum absolute atomic E-state index is 0.206. The number of nitrogens with two attached hydrogens (primary N) is 2. The highest BCUT2D eigenvalue weighted by Crippen LogP contribution is 2.36. The molecule has 2 atom stereocenters. The number of halogens is 1. The number of allylic oxidation sites excluding steroid dienone is 1. The second-order valence-electron chi connectivity index (χ2n) is 6.32. The van der Waals surface area contributed by atoms with E-state index in [-0.39, 0.29) is 11.1 Å². The highest BCUT2D eigenvalue weighted by atomic mass is 35.5. The minimum atomic E-state index is -0.369. The summed E-state index contributed by atoms with van der Waals surface area (Å²) in [6, 6.07) is 2.26. The maximum absolute atomic E-state index is 11.7. The molecule has 5 N–H and O–H groups in total. The molecule has 26 heavy (non-hydrogen) atoms. The minimum Gasteiger partial charge on any atom is -0.465 e. The molecule has 1 aromatic rings. The van der Waals surface area contributed by atoms with Gasteiger partial charge >= 0.3 is 5.97 Å². The van der Waals surface area contributed by atoms with Crippen LogP contribution in [0.1, 0.15) is 22.3 Å². The van der Waals surface area contributed by atoms with Crippen LogP contribution in [0.15, 0.2) is 40.0 Å². The van der Waals surface area contributed by atoms with E-state index < -0.39 is 0 Å². The lowest BCUT2D eigenvalue weighted by atomic mass is 10.1. The topological polar surface area (TPSA) is 106 Å². The predicted octanol–water partition coefficient (Wildman–Crippen LogP) is 1.48. The van der Waals surface area contributed by atoms with Gasteiger partial charge in [0.15, 0.2) is 0 Å². The molecule has 9 heteroatoms. The number of fused-ring (bicyclic) bond motifs is 1. The molecule has 0 saturated carbocycles. The van der Waals surface area contributed by atoms with Gasteiger partial charge in [-0.1, -0.05) is 11.6 Å². The fourth-order valence-corrected chi connectivity index (χ4v) is 4.66. The molecule has 2 aliphatic rings. The van der Waals surface area contributed by atoms with Gasteiger partial charge in [0, 0.05) is 30.6 Å². The lowest BCUT2D eigenvalue weighted by molar-refractivity contribution is 0.0599. The Balaban J connectivity index is 1.73. The van der Waals surface area contributed by atoms with E-state index >= 15 is 0 Å². The molecule has 1 fully saturated rings. The van der Waals surface area contributed by atoms with Gasteiger partial charge in [0.1, 0.15) is 11.0 Å². The van der Waals surface area contributed by atoms with Crippen LogP contribution in [0.4, 0.5) is 0 Å². The molecule has 0 aliphatic carbocycles. The van der Waals surface area contributed by atoms with Crippen LogP contribution in [-0.4, -0.2) is 47.3 Å². The van der Waals surface area contributed by atoms with Gasteiger partial charge in [-0.15, -0.1) is 11.8 Å². The van der Waals surface area contributed by atoms with Crippen LogP contribution >= 0.6 is 23.4 Å². The SMILES string of the molecule is COC(=O)c1cnc(SC2CC3CNC(N)=C(/C=C(\N)Cl)N3C2)cc1C. The van der Waals surface area contributed by atoms with E-state index in [0.717, 1.165) is 35.8 Å². The van der Waals surface area contributed by atoms with Crippen molar-refractivity contribution in [2.45, 2.75) is 29.7 Å². The number of thioether (sulfide) groups is 1. The summed E-state index contributed by atoms with van der Waals surface area (Å²) in [7, 11) is 1.37. The number of hydrogen-bond acceptors (Lipinski definition) is 8. The second kappa shape index (κ2) is 7.67. The first-order chi connectivity index (χ1) is 12.4. The van der Waals surface area contributed by atoms with E-state index in [0.29, 0.717) is 22.7 Å². The van der Waals surface area contributed by atoms with Crippen molar-refractivity contribution in [1.29, 1.82) is 0 Å². The first-order valence-electron chi connectivity index (χ1n) is 8.23. The summed E-state index contributed by atoms with van der Waals surface area (Å²) < 4.78 is 4.77. The summed E-state index contributed by atoms with van der Waals surface area (Å²) in [6.07, 6.45) is 4.26. The van der Waals surface area contributed by atoms with Crippen molar-refractivity contribution in [3.63, 3.8) is 0 Å². The zero-order chi connectivity index (χ0) is 18.8. The Labute approximate surface area is 161 Å². The monoisotopic (exact) mass is 395 g/mol. The predicted molar refractivity (Wildman–Crippen MR) is 102 cm³/mol. The van der Waals surface area contributed by atoms with Crippen molar-refractivity contribution < 1.29 is 9.53 Å². The van der Waals surface area contributed by atoms with Crippen molar-refractivity contribution in [3.05, 3.63) is 46.1 Å². The van der Waals surface area contributed by atoms with E-state index in [1.54, 1.807) is 24.0 Å². The van der Waals surface area contributed by atoms with E-state index in [9.17, 15) is 4.79 Å². The number of ether oxygens (including phenoxy) is 1. The number of pyridine rings is 1. The maximum Gasteiger partial charge on any atom is 0.339 e. The quantitative estimate of drug-likeness (QED) is 0.520. The highest BCUT2D eigenvalue weighted by molar-refractivity contribution is 7.99. The molecule has 0 amide bonds. The van der Waals surface area contributed by atoms with Gasteiger partial charge in [0.05, 0.1) is 23.4 Å². The first-order valence-corrected chi connectivity index (χ1v) is 9.49. The standard InChI is InChI=1S/C17H22ClN5O2S/c1-9-3-15(21-7-12(9)17(24)25-2)26-11-4-10-6-22-16(20)13(5-14(18)19)23(10)8-11/h3,5,7,10-11,22H,4,6,8,19-20H2,1-2H3/b14-5-. The average Bonchev–Trinajstić information content (AvgIpc) is 2.99. The number of aryl methyl sites for hydroxylation is 1. The number of methoxy groups -OCH3 is 1. The molecule has 0 aromatic carbocycles. The van der Waals surface area contributed by atoms with E-state index in [1.807, 2.05) is 13.0 Å². The zero-order valence-corrected chi connectivity index (χ0v) is 16.2. The molecule has 2 aliphatic heterocycles. The number of aromatic nitrogens is 1. The number of esters is 1. The molecule has 1 aromatic heterocycles. The molecule has 7 nitrogen and oxygen atoms in total. The summed E-state index contributed by atoms with van der Waals surface area (Å²) >= 11 is 7.54. The third kappa shape index (κ3) is 3.86. The summed E-state index contributed by atoms with van der Waals surface area (Å²) in [5, 5.41) is 4.65. The van der Waals surface area contributed by atoms with Crippen LogP contribution in [0, 0.1) is 6.92 Å². The van der Waals surface area contributed by atoms with Crippen molar-refractivity contribution in [2.24, 2.45) is 11.5 Å². The molecule has 1 saturated heterocycles. The summed E-state index contributed by atoms with van der Waals surface area (Å²) in [4.78, 5) is 18.3. The van der Waals surface area contributed by atoms with Crippen molar-refractivity contribution >= 4 is 29.3 Å². The van der Waals surface area contributed by atoms with E-state index in [2.05, 4.69) is 15.2 Å². The third-order valence-electron chi connectivity index (χ3n) is 4.54. The van der Waals surface area contributed by atoms with Gasteiger partial charge in [0.25, 0.3) is 0 Å². The second-order valence-corrected chi connectivity index (χ2v) is 8.08. The Morgan fingerprint density at radius 3 is 3.00 bits per heavy atom. The molecule has 2 unspecified atom stereocenters. The summed E-state index contributed by atoms with van der Waals surface area (Å²) in [5.74, 6) is 0.221. The summed E-state index contributed by atoms with van der Waals surface area (Å²) in [5.41, 5.74) is 13.9. The highest BCUT2D eigenvalue weighted by Gasteiger charge is 2.37. The number of carbonyl (C=O) groups is 1. The van der Waals surface area contributed by atoms with Gasteiger partial charge in [0.2, 0.25) is 0 Å². The Morgan fingerprint density at radius 1 is 1.58 bits per heavy atom. The van der Waals surface area contributed by atoms with Crippen LogP contribution in [0.3, 0.4) is 0 Å². The van der Waals surface area contributed by atoms with Crippen molar-refractivity contribution in [2.75, 3.05) is 20.2 Å². The number of hydrogen-bond donors (Lipinski definition) is 3. The Morgan fingerprint density at radius 2 is 2.35 bits per heavy atom. The third-order valence-corrected chi connectivity index (χ3v) is 5.79. The smallest absolute Gasteiger partial charge is 0.339 e. The van der Waals surface area contributed by atoms with Crippen molar-refractivity contribution in [1.82, 2.24) is 15.2 Å². The Bertz CT molecular complexity index is 778. The number of nitrogens with one attached hydrogen (secondary N) is 1. The molecule has 0 bridgehead atoms. The molecule has 3 heterocycles. The molecule has 0 spiro atoms. The van der Waals surface area contributed by atoms with Crippen LogP contribution in [0.25, 0.3) is 0 Å². The lowest BCUT2D eigenvalue weighted by Crippen LogP contribution is -2.45. The maximum atomic E-state index is 11.7. The number of rotatable bonds is 4. The van der Waals surface area contributed by atoms with Crippen molar-refractivity contribution in [3.8, 4) is 0 Å². The fraction of sp³-hybridized carbons (Fsp3) is 0.412. The Hall–Kier alpha value is -2.06. The molecule has 140 valence electrons. The van der Waals surface area contributed by atoms with Crippen LogP contribution in [-0.2, 0) is 4.74 Å².